The van der Waals surface area contributed by atoms with E-state index in [4.69, 9.17) is 0 Å². The lowest BCUT2D eigenvalue weighted by Gasteiger charge is -2.14. The summed E-state index contributed by atoms with van der Waals surface area (Å²) in [4.78, 5) is 13.6. The topological polar surface area (TPSA) is 22.0 Å². The molecule has 0 aliphatic rings. The lowest BCUT2D eigenvalue weighted by molar-refractivity contribution is 1.06. The molecule has 0 saturated carbocycles. The Bertz CT molecular complexity index is 2270. The second-order valence-electron chi connectivity index (χ2n) is 9.85. The zero-order valence-electron chi connectivity index (χ0n) is 21.4. The number of aromatic nitrogens is 1. The van der Waals surface area contributed by atoms with Gasteiger partial charge in [-0.1, -0.05) is 110 Å². The minimum atomic E-state index is -0.01000. The molecular formula is C37H25NO. The molecule has 2 nitrogen and oxygen atoms in total. The number of pyridine rings is 1. The molecule has 0 N–H and O–H groups in total. The lowest BCUT2D eigenvalue weighted by atomic mass is 9.94. The average Bonchev–Trinajstić information content (AvgIpc) is 2.99. The van der Waals surface area contributed by atoms with Crippen LogP contribution in [0.1, 0.15) is 0 Å². The van der Waals surface area contributed by atoms with Gasteiger partial charge >= 0.3 is 0 Å². The summed E-state index contributed by atoms with van der Waals surface area (Å²) in [6, 6.07) is 39.2. The quantitative estimate of drug-likeness (QED) is 0.231. The maximum atomic E-state index is 13.6. The van der Waals surface area contributed by atoms with Crippen LogP contribution in [-0.4, -0.2) is 4.57 Å². The predicted octanol–water partition coefficient (Wildman–Crippen LogP) is 7.49. The number of allylic oxidation sites excluding steroid dienone is 1. The zero-order chi connectivity index (χ0) is 26.5. The fourth-order valence-corrected chi connectivity index (χ4v) is 5.87. The molecule has 0 aliphatic carbocycles. The number of nitrogens with zero attached hydrogens (tertiary/aromatic N) is 1. The van der Waals surface area contributed by atoms with Gasteiger partial charge < -0.3 is 0 Å². The van der Waals surface area contributed by atoms with Gasteiger partial charge in [0.2, 0.25) is 0 Å². The third-order valence-electron chi connectivity index (χ3n) is 7.72. The average molecular weight is 500 g/mol. The fourth-order valence-electron chi connectivity index (χ4n) is 5.87. The molecule has 1 aromatic heterocycles. The Morgan fingerprint density at radius 1 is 0.564 bits per heavy atom. The van der Waals surface area contributed by atoms with E-state index >= 15 is 0 Å². The van der Waals surface area contributed by atoms with Gasteiger partial charge in [0.05, 0.1) is 5.52 Å². The molecule has 2 heteroatoms. The van der Waals surface area contributed by atoms with Crippen LogP contribution >= 0.6 is 0 Å². The lowest BCUT2D eigenvalue weighted by Crippen LogP contribution is -2.24. The van der Waals surface area contributed by atoms with Crippen LogP contribution in [0, 0.1) is 0 Å². The van der Waals surface area contributed by atoms with E-state index in [1.54, 1.807) is 0 Å². The Kier molecular flexibility index (Phi) is 5.28. The van der Waals surface area contributed by atoms with Crippen LogP contribution in [0.15, 0.2) is 133 Å². The molecule has 6 aromatic carbocycles. The maximum absolute atomic E-state index is 13.6. The summed E-state index contributed by atoms with van der Waals surface area (Å²) in [5, 5.41) is 9.56. The highest BCUT2D eigenvalue weighted by molar-refractivity contribution is 6.09. The molecule has 0 atom stereocenters. The van der Waals surface area contributed by atoms with Crippen molar-refractivity contribution in [1.82, 2.24) is 4.57 Å². The van der Waals surface area contributed by atoms with Gasteiger partial charge in [0.25, 0.3) is 5.56 Å². The Balaban J connectivity index is 1.42. The minimum absolute atomic E-state index is 0.01000. The van der Waals surface area contributed by atoms with Crippen LogP contribution in [0.25, 0.3) is 72.7 Å². The van der Waals surface area contributed by atoms with Gasteiger partial charge in [0.15, 0.2) is 0 Å². The number of para-hydroxylation sites is 1. The summed E-state index contributed by atoms with van der Waals surface area (Å²) in [5.74, 6) is 0. The number of rotatable bonds is 3. The fraction of sp³-hybridized carbons (Fsp3) is 0. The van der Waals surface area contributed by atoms with Crippen molar-refractivity contribution in [2.24, 2.45) is 0 Å². The van der Waals surface area contributed by atoms with Gasteiger partial charge in [-0.25, -0.2) is 0 Å². The summed E-state index contributed by atoms with van der Waals surface area (Å²) in [6.07, 6.45) is 3.86. The summed E-state index contributed by atoms with van der Waals surface area (Å²) >= 11 is 0. The molecule has 0 aliphatic heterocycles. The first-order chi connectivity index (χ1) is 19.2. The highest BCUT2D eigenvalue weighted by atomic mass is 16.1. The molecule has 0 spiro atoms. The van der Waals surface area contributed by atoms with Crippen molar-refractivity contribution >= 4 is 55.9 Å². The van der Waals surface area contributed by atoms with E-state index in [0.29, 0.717) is 0 Å². The van der Waals surface area contributed by atoms with Crippen LogP contribution in [0.2, 0.25) is 0 Å². The normalized spacial score (nSPS) is 12.1. The maximum Gasteiger partial charge on any atom is 0.263 e. The van der Waals surface area contributed by atoms with Crippen LogP contribution in [-0.2, 0) is 0 Å². The van der Waals surface area contributed by atoms with Gasteiger partial charge in [0.1, 0.15) is 0 Å². The van der Waals surface area contributed by atoms with E-state index in [2.05, 4.69) is 73.8 Å². The van der Waals surface area contributed by atoms with E-state index in [0.717, 1.165) is 59.7 Å². The van der Waals surface area contributed by atoms with Gasteiger partial charge in [-0.05, 0) is 78.8 Å². The van der Waals surface area contributed by atoms with Crippen LogP contribution in [0.5, 0.6) is 0 Å². The number of hydrogen-bond donors (Lipinski definition) is 0. The highest BCUT2D eigenvalue weighted by Crippen LogP contribution is 2.29. The first-order valence-corrected chi connectivity index (χ1v) is 13.1. The number of fused-ring (bicyclic) bond motifs is 6. The molecule has 1 heterocycles. The van der Waals surface area contributed by atoms with Crippen LogP contribution in [0.3, 0.4) is 0 Å². The highest BCUT2D eigenvalue weighted by Gasteiger charge is 2.12. The van der Waals surface area contributed by atoms with Gasteiger partial charge in [0, 0.05) is 16.5 Å². The minimum Gasteiger partial charge on any atom is -0.276 e. The van der Waals surface area contributed by atoms with E-state index < -0.39 is 0 Å². The van der Waals surface area contributed by atoms with E-state index in [9.17, 15) is 4.79 Å². The molecule has 0 bridgehead atoms. The molecule has 7 rings (SSSR count). The molecule has 7 aromatic rings. The molecule has 0 radical (unpaired) electrons. The van der Waals surface area contributed by atoms with Crippen molar-refractivity contribution in [3.05, 3.63) is 149 Å². The van der Waals surface area contributed by atoms with Crippen molar-refractivity contribution in [3.8, 4) is 16.8 Å². The third kappa shape index (κ3) is 3.53. The molecule has 0 unspecified atom stereocenters. The molecule has 0 fully saturated rings. The van der Waals surface area contributed by atoms with Crippen molar-refractivity contribution in [2.45, 2.75) is 0 Å². The summed E-state index contributed by atoms with van der Waals surface area (Å²) in [7, 11) is 0. The van der Waals surface area contributed by atoms with E-state index in [1.165, 1.54) is 10.8 Å². The van der Waals surface area contributed by atoms with E-state index in [1.807, 2.05) is 71.3 Å². The summed E-state index contributed by atoms with van der Waals surface area (Å²) in [6.45, 7) is 8.29. The molecule has 184 valence electrons. The first-order valence-electron chi connectivity index (χ1n) is 13.1. The molecular weight excluding hydrogens is 474 g/mol. The molecule has 39 heavy (non-hydrogen) atoms. The smallest absolute Gasteiger partial charge is 0.263 e. The first kappa shape index (κ1) is 22.9. The summed E-state index contributed by atoms with van der Waals surface area (Å²) < 4.78 is 1.82. The van der Waals surface area contributed by atoms with Crippen molar-refractivity contribution < 1.29 is 0 Å². The van der Waals surface area contributed by atoms with Crippen molar-refractivity contribution in [2.75, 3.05) is 0 Å². The van der Waals surface area contributed by atoms with Crippen molar-refractivity contribution in [3.63, 3.8) is 0 Å². The van der Waals surface area contributed by atoms with Gasteiger partial charge in [-0.3, -0.25) is 9.36 Å². The Labute approximate surface area is 225 Å². The standard InChI is InChI=1S/C37H25NO/c1-3-10-28-24(2)29-11-4-5-12-30(29)35-23-26(19-22-32(28)35)25-17-20-27(21-18-25)38-36-16-9-8-14-33(36)31-13-6-7-15-34(31)37(38)39/h3-23H,1-2H2/b28-10+. The molecule has 0 amide bonds. The third-order valence-corrected chi connectivity index (χ3v) is 7.72. The Morgan fingerprint density at radius 2 is 1.15 bits per heavy atom. The second-order valence-corrected chi connectivity index (χ2v) is 9.85. The Hall–Kier alpha value is -5.21. The molecule has 0 saturated heterocycles. The summed E-state index contributed by atoms with van der Waals surface area (Å²) in [5.41, 5.74) is 3.96. The number of benzene rings is 6. The SMILES string of the molecule is C=C/C=c1\c(=C)c2ccccc2c2cc(-c3ccc(-n4c(=O)c5ccccc5c5ccccc54)cc3)ccc12. The van der Waals surface area contributed by atoms with Crippen LogP contribution in [0.4, 0.5) is 0 Å². The van der Waals surface area contributed by atoms with Crippen molar-refractivity contribution in [1.29, 1.82) is 0 Å². The Morgan fingerprint density at radius 3 is 1.87 bits per heavy atom. The largest absolute Gasteiger partial charge is 0.276 e. The van der Waals surface area contributed by atoms with Gasteiger partial charge in [-0.15, -0.1) is 0 Å². The predicted molar refractivity (Wildman–Crippen MR) is 167 cm³/mol. The van der Waals surface area contributed by atoms with Crippen LogP contribution < -0.4 is 16.0 Å². The monoisotopic (exact) mass is 499 g/mol. The van der Waals surface area contributed by atoms with Gasteiger partial charge in [-0.2, -0.15) is 0 Å². The van der Waals surface area contributed by atoms with E-state index in [-0.39, 0.29) is 5.56 Å². The number of hydrogen-bond acceptors (Lipinski definition) is 1. The zero-order valence-corrected chi connectivity index (χ0v) is 21.4. The second kappa shape index (κ2) is 8.97.